The van der Waals surface area contributed by atoms with Gasteiger partial charge in [-0.15, -0.1) is 0 Å². The van der Waals surface area contributed by atoms with E-state index in [1.54, 1.807) is 12.3 Å². The summed E-state index contributed by atoms with van der Waals surface area (Å²) in [7, 11) is 0. The minimum atomic E-state index is -0.258. The van der Waals surface area contributed by atoms with Crippen LogP contribution in [0.4, 0.5) is 0 Å². The Morgan fingerprint density at radius 1 is 1.65 bits per heavy atom. The van der Waals surface area contributed by atoms with Gasteiger partial charge in [0.15, 0.2) is 0 Å². The van der Waals surface area contributed by atoms with Gasteiger partial charge in [0.05, 0.1) is 11.1 Å². The van der Waals surface area contributed by atoms with Gasteiger partial charge in [0.2, 0.25) is 0 Å². The monoisotopic (exact) mass is 256 g/mol. The Labute approximate surface area is 106 Å². The number of halogens is 1. The van der Waals surface area contributed by atoms with Crippen molar-refractivity contribution in [2.24, 2.45) is 0 Å². The van der Waals surface area contributed by atoms with Crippen LogP contribution >= 0.6 is 11.6 Å². The normalized spacial score (nSPS) is 23.2. The van der Waals surface area contributed by atoms with Gasteiger partial charge in [0.1, 0.15) is 5.69 Å². The number of aromatic nitrogens is 1. The number of carbonyl (C=O) groups excluding carboxylic acids is 1. The van der Waals surface area contributed by atoms with Crippen LogP contribution in [0.1, 0.15) is 36.7 Å². The van der Waals surface area contributed by atoms with Crippen molar-refractivity contribution in [1.29, 1.82) is 0 Å². The van der Waals surface area contributed by atoms with E-state index in [0.717, 1.165) is 13.0 Å². The summed E-state index contributed by atoms with van der Waals surface area (Å²) in [5.74, 6) is -0.109. The number of amides is 1. The molecule has 1 amide bonds. The highest BCUT2D eigenvalue weighted by molar-refractivity contribution is 6.31. The van der Waals surface area contributed by atoms with E-state index in [9.17, 15) is 4.79 Å². The molecule has 1 aliphatic rings. The SMILES string of the molecule is CCCn1cc(Cl)cc1C(=O)NC1CC(O)C1. The van der Waals surface area contributed by atoms with Crippen LogP contribution < -0.4 is 5.32 Å². The maximum Gasteiger partial charge on any atom is 0.268 e. The lowest BCUT2D eigenvalue weighted by Gasteiger charge is -2.31. The van der Waals surface area contributed by atoms with Crippen LogP contribution in [0.5, 0.6) is 0 Å². The molecule has 0 unspecified atom stereocenters. The van der Waals surface area contributed by atoms with E-state index < -0.39 is 0 Å². The summed E-state index contributed by atoms with van der Waals surface area (Å²) in [6, 6.07) is 1.78. The molecule has 0 saturated heterocycles. The zero-order chi connectivity index (χ0) is 12.4. The number of aliphatic hydroxyl groups is 1. The van der Waals surface area contributed by atoms with Crippen molar-refractivity contribution < 1.29 is 9.90 Å². The number of rotatable bonds is 4. The Morgan fingerprint density at radius 3 is 2.94 bits per heavy atom. The van der Waals surface area contributed by atoms with Gasteiger partial charge in [-0.2, -0.15) is 0 Å². The van der Waals surface area contributed by atoms with Crippen molar-refractivity contribution >= 4 is 17.5 Å². The lowest BCUT2D eigenvalue weighted by molar-refractivity contribution is 0.0559. The largest absolute Gasteiger partial charge is 0.393 e. The molecule has 1 saturated carbocycles. The average molecular weight is 257 g/mol. The lowest BCUT2D eigenvalue weighted by atomic mass is 9.89. The number of aliphatic hydroxyl groups excluding tert-OH is 1. The van der Waals surface area contributed by atoms with E-state index in [2.05, 4.69) is 12.2 Å². The summed E-state index contributed by atoms with van der Waals surface area (Å²) in [4.78, 5) is 12.0. The molecular weight excluding hydrogens is 240 g/mol. The molecule has 2 rings (SSSR count). The molecule has 1 aromatic heterocycles. The van der Waals surface area contributed by atoms with Crippen LogP contribution in [0.2, 0.25) is 5.02 Å². The molecule has 94 valence electrons. The van der Waals surface area contributed by atoms with E-state index in [0.29, 0.717) is 23.6 Å². The van der Waals surface area contributed by atoms with Gasteiger partial charge >= 0.3 is 0 Å². The fourth-order valence-electron chi connectivity index (χ4n) is 2.06. The van der Waals surface area contributed by atoms with E-state index in [1.165, 1.54) is 0 Å². The van der Waals surface area contributed by atoms with E-state index in [4.69, 9.17) is 16.7 Å². The highest BCUT2D eigenvalue weighted by Crippen LogP contribution is 2.21. The minimum Gasteiger partial charge on any atom is -0.393 e. The van der Waals surface area contributed by atoms with Crippen molar-refractivity contribution in [1.82, 2.24) is 9.88 Å². The highest BCUT2D eigenvalue weighted by Gasteiger charge is 2.29. The standard InChI is InChI=1S/C12H17ClN2O2/c1-2-3-15-7-8(13)4-11(15)12(17)14-9-5-10(16)6-9/h4,7,9-10,16H,2-3,5-6H2,1H3,(H,14,17). The first-order valence-electron chi connectivity index (χ1n) is 5.94. The van der Waals surface area contributed by atoms with Crippen LogP contribution in [0.25, 0.3) is 0 Å². The Balaban J connectivity index is 2.02. The molecule has 1 aliphatic carbocycles. The molecule has 0 atom stereocenters. The molecule has 0 aliphatic heterocycles. The molecule has 1 heterocycles. The maximum absolute atomic E-state index is 12.0. The average Bonchev–Trinajstić information content (AvgIpc) is 2.58. The smallest absolute Gasteiger partial charge is 0.268 e. The van der Waals surface area contributed by atoms with E-state index >= 15 is 0 Å². The molecule has 0 radical (unpaired) electrons. The zero-order valence-electron chi connectivity index (χ0n) is 9.82. The first-order valence-corrected chi connectivity index (χ1v) is 6.32. The minimum absolute atomic E-state index is 0.0984. The highest BCUT2D eigenvalue weighted by atomic mass is 35.5. The van der Waals surface area contributed by atoms with Gasteiger partial charge < -0.3 is 15.0 Å². The predicted molar refractivity (Wildman–Crippen MR) is 66.2 cm³/mol. The van der Waals surface area contributed by atoms with Gasteiger partial charge in [-0.25, -0.2) is 0 Å². The van der Waals surface area contributed by atoms with Gasteiger partial charge in [0.25, 0.3) is 5.91 Å². The Bertz CT molecular complexity index is 411. The van der Waals surface area contributed by atoms with Crippen LogP contribution in [-0.4, -0.2) is 27.7 Å². The summed E-state index contributed by atoms with van der Waals surface area (Å²) in [6.45, 7) is 2.83. The Morgan fingerprint density at radius 2 is 2.35 bits per heavy atom. The molecule has 1 aromatic rings. The van der Waals surface area contributed by atoms with E-state index in [-0.39, 0.29) is 18.1 Å². The lowest BCUT2D eigenvalue weighted by Crippen LogP contribution is -2.47. The summed E-state index contributed by atoms with van der Waals surface area (Å²) in [6.07, 6.45) is 3.76. The molecule has 0 bridgehead atoms. The summed E-state index contributed by atoms with van der Waals surface area (Å²) >= 11 is 5.91. The molecule has 2 N–H and O–H groups in total. The number of hydrogen-bond donors (Lipinski definition) is 2. The summed E-state index contributed by atoms with van der Waals surface area (Å²) in [5.41, 5.74) is 0.596. The van der Waals surface area contributed by atoms with Crippen LogP contribution in [-0.2, 0) is 6.54 Å². The molecule has 0 spiro atoms. The first kappa shape index (κ1) is 12.5. The van der Waals surface area contributed by atoms with Crippen LogP contribution in [0.3, 0.4) is 0 Å². The van der Waals surface area contributed by atoms with Crippen LogP contribution in [0, 0.1) is 0 Å². The molecule has 0 aromatic carbocycles. The zero-order valence-corrected chi connectivity index (χ0v) is 10.6. The first-order chi connectivity index (χ1) is 8.10. The number of aryl methyl sites for hydroxylation is 1. The number of nitrogens with zero attached hydrogens (tertiary/aromatic N) is 1. The number of hydrogen-bond acceptors (Lipinski definition) is 2. The van der Waals surface area contributed by atoms with Crippen molar-refractivity contribution in [3.8, 4) is 0 Å². The fraction of sp³-hybridized carbons (Fsp3) is 0.583. The second-order valence-corrected chi connectivity index (χ2v) is 4.97. The number of carbonyl (C=O) groups is 1. The van der Waals surface area contributed by atoms with Crippen LogP contribution in [0.15, 0.2) is 12.3 Å². The quantitative estimate of drug-likeness (QED) is 0.863. The Kier molecular flexibility index (Phi) is 3.74. The third-order valence-corrected chi connectivity index (χ3v) is 3.22. The topological polar surface area (TPSA) is 54.3 Å². The summed E-state index contributed by atoms with van der Waals surface area (Å²) in [5, 5.41) is 12.6. The van der Waals surface area contributed by atoms with E-state index in [1.807, 2.05) is 4.57 Å². The maximum atomic E-state index is 12.0. The van der Waals surface area contributed by atoms with Gasteiger partial charge in [0, 0.05) is 18.8 Å². The second-order valence-electron chi connectivity index (χ2n) is 4.53. The van der Waals surface area contributed by atoms with Gasteiger partial charge in [-0.05, 0) is 25.3 Å². The van der Waals surface area contributed by atoms with Crippen molar-refractivity contribution in [2.45, 2.75) is 44.9 Å². The van der Waals surface area contributed by atoms with Gasteiger partial charge in [-0.3, -0.25) is 4.79 Å². The third kappa shape index (κ3) is 2.82. The molecule has 17 heavy (non-hydrogen) atoms. The third-order valence-electron chi connectivity index (χ3n) is 3.01. The molecule has 5 heteroatoms. The molecule has 4 nitrogen and oxygen atoms in total. The van der Waals surface area contributed by atoms with Crippen molar-refractivity contribution in [3.05, 3.63) is 23.0 Å². The van der Waals surface area contributed by atoms with Crippen molar-refractivity contribution in [2.75, 3.05) is 0 Å². The molecular formula is C12H17ClN2O2. The molecule has 1 fully saturated rings. The fourth-order valence-corrected chi connectivity index (χ4v) is 2.28. The predicted octanol–water partition coefficient (Wildman–Crippen LogP) is 1.80. The van der Waals surface area contributed by atoms with Crippen molar-refractivity contribution in [3.63, 3.8) is 0 Å². The summed E-state index contributed by atoms with van der Waals surface area (Å²) < 4.78 is 1.87. The Hall–Kier alpha value is -1.00. The van der Waals surface area contributed by atoms with Gasteiger partial charge in [-0.1, -0.05) is 18.5 Å². The second kappa shape index (κ2) is 5.10. The number of nitrogens with one attached hydrogen (secondary N) is 1.